The summed E-state index contributed by atoms with van der Waals surface area (Å²) in [7, 11) is 2.09. The molecule has 0 atom stereocenters. The Morgan fingerprint density at radius 3 is 2.28 bits per heavy atom. The third kappa shape index (κ3) is 2.48. The van der Waals surface area contributed by atoms with Crippen LogP contribution in [0.2, 0.25) is 0 Å². The number of hydrogen-bond donors (Lipinski definition) is 1. The van der Waals surface area contributed by atoms with E-state index in [0.29, 0.717) is 0 Å². The van der Waals surface area contributed by atoms with Gasteiger partial charge in [-0.05, 0) is 36.6 Å². The summed E-state index contributed by atoms with van der Waals surface area (Å²) in [6.07, 6.45) is 0. The second-order valence-electron chi connectivity index (χ2n) is 4.80. The quantitative estimate of drug-likeness (QED) is 0.832. The molecule has 0 aliphatic rings. The van der Waals surface area contributed by atoms with Crippen LogP contribution in [-0.4, -0.2) is 7.05 Å². The van der Waals surface area contributed by atoms with Gasteiger partial charge in [0.15, 0.2) is 0 Å². The molecule has 2 heteroatoms. The standard InChI is InChI=1S/C16H20N2/c1-12-7-4-5-9-14(12)11-18(3)16-13(2)8-6-10-15(16)17/h4-10H,11,17H2,1-3H3. The lowest BCUT2D eigenvalue weighted by molar-refractivity contribution is 0.911. The molecule has 0 aliphatic heterocycles. The van der Waals surface area contributed by atoms with E-state index in [-0.39, 0.29) is 0 Å². The number of aryl methyl sites for hydroxylation is 2. The molecule has 2 aromatic rings. The Labute approximate surface area is 109 Å². The van der Waals surface area contributed by atoms with Crippen LogP contribution in [0.1, 0.15) is 16.7 Å². The highest BCUT2D eigenvalue weighted by atomic mass is 15.1. The fourth-order valence-electron chi connectivity index (χ4n) is 2.33. The molecule has 2 nitrogen and oxygen atoms in total. The van der Waals surface area contributed by atoms with Gasteiger partial charge in [0.05, 0.1) is 11.4 Å². The highest BCUT2D eigenvalue weighted by molar-refractivity contribution is 5.71. The van der Waals surface area contributed by atoms with Crippen LogP contribution in [0.15, 0.2) is 42.5 Å². The molecular weight excluding hydrogens is 220 g/mol. The summed E-state index contributed by atoms with van der Waals surface area (Å²) in [5.74, 6) is 0. The molecule has 0 saturated heterocycles. The minimum atomic E-state index is 0.839. The average Bonchev–Trinajstić information content (AvgIpc) is 2.32. The van der Waals surface area contributed by atoms with Crippen molar-refractivity contribution in [1.82, 2.24) is 0 Å². The first-order chi connectivity index (χ1) is 8.59. The summed E-state index contributed by atoms with van der Waals surface area (Å²) in [4.78, 5) is 2.22. The lowest BCUT2D eigenvalue weighted by Crippen LogP contribution is -2.19. The Balaban J connectivity index is 2.28. The van der Waals surface area contributed by atoms with Crippen LogP contribution in [0.5, 0.6) is 0 Å². The van der Waals surface area contributed by atoms with Crippen LogP contribution in [0.4, 0.5) is 11.4 Å². The lowest BCUT2D eigenvalue weighted by atomic mass is 10.1. The maximum absolute atomic E-state index is 6.07. The third-order valence-corrected chi connectivity index (χ3v) is 3.32. The van der Waals surface area contributed by atoms with Crippen LogP contribution >= 0.6 is 0 Å². The first-order valence-corrected chi connectivity index (χ1v) is 6.20. The van der Waals surface area contributed by atoms with Crippen LogP contribution in [-0.2, 0) is 6.54 Å². The molecule has 0 saturated carbocycles. The highest BCUT2D eigenvalue weighted by Crippen LogP contribution is 2.27. The second-order valence-corrected chi connectivity index (χ2v) is 4.80. The maximum Gasteiger partial charge on any atom is 0.0630 e. The van der Waals surface area contributed by atoms with Crippen molar-refractivity contribution in [3.63, 3.8) is 0 Å². The molecule has 0 aliphatic carbocycles. The molecule has 0 unspecified atom stereocenters. The number of rotatable bonds is 3. The predicted octanol–water partition coefficient (Wildman–Crippen LogP) is 3.52. The van der Waals surface area contributed by atoms with Crippen molar-refractivity contribution in [2.24, 2.45) is 0 Å². The first-order valence-electron chi connectivity index (χ1n) is 6.20. The molecule has 2 rings (SSSR count). The number of nitrogens with two attached hydrogens (primary N) is 1. The van der Waals surface area contributed by atoms with Gasteiger partial charge in [-0.2, -0.15) is 0 Å². The van der Waals surface area contributed by atoms with Gasteiger partial charge in [-0.15, -0.1) is 0 Å². The zero-order valence-corrected chi connectivity index (χ0v) is 11.3. The predicted molar refractivity (Wildman–Crippen MR) is 78.9 cm³/mol. The van der Waals surface area contributed by atoms with Crippen LogP contribution < -0.4 is 10.6 Å². The normalized spacial score (nSPS) is 10.4. The molecule has 0 heterocycles. The maximum atomic E-state index is 6.07. The highest BCUT2D eigenvalue weighted by Gasteiger charge is 2.09. The van der Waals surface area contributed by atoms with Crippen molar-refractivity contribution >= 4 is 11.4 Å². The third-order valence-electron chi connectivity index (χ3n) is 3.32. The van der Waals surface area contributed by atoms with Gasteiger partial charge in [0.25, 0.3) is 0 Å². The van der Waals surface area contributed by atoms with E-state index in [4.69, 9.17) is 5.73 Å². The van der Waals surface area contributed by atoms with Gasteiger partial charge in [0, 0.05) is 13.6 Å². The van der Waals surface area contributed by atoms with E-state index < -0.39 is 0 Å². The summed E-state index contributed by atoms with van der Waals surface area (Å²) in [6.45, 7) is 5.12. The van der Waals surface area contributed by atoms with E-state index in [0.717, 1.165) is 17.9 Å². The van der Waals surface area contributed by atoms with Crippen molar-refractivity contribution in [3.8, 4) is 0 Å². The van der Waals surface area contributed by atoms with Crippen molar-refractivity contribution in [3.05, 3.63) is 59.2 Å². The average molecular weight is 240 g/mol. The number of nitrogen functional groups attached to an aromatic ring is 1. The molecule has 0 aromatic heterocycles. The van der Waals surface area contributed by atoms with Crippen molar-refractivity contribution < 1.29 is 0 Å². The number of nitrogens with zero attached hydrogens (tertiary/aromatic N) is 1. The zero-order valence-electron chi connectivity index (χ0n) is 11.3. The summed E-state index contributed by atoms with van der Waals surface area (Å²) < 4.78 is 0. The van der Waals surface area contributed by atoms with Gasteiger partial charge in [-0.25, -0.2) is 0 Å². The molecule has 0 bridgehead atoms. The van der Waals surface area contributed by atoms with Crippen LogP contribution in [0.25, 0.3) is 0 Å². The molecule has 0 spiro atoms. The van der Waals surface area contributed by atoms with E-state index in [2.05, 4.69) is 56.1 Å². The van der Waals surface area contributed by atoms with E-state index in [1.165, 1.54) is 16.7 Å². The molecule has 2 aromatic carbocycles. The van der Waals surface area contributed by atoms with Crippen LogP contribution in [0, 0.1) is 13.8 Å². The van der Waals surface area contributed by atoms with Crippen molar-refractivity contribution in [2.75, 3.05) is 17.7 Å². The fourth-order valence-corrected chi connectivity index (χ4v) is 2.33. The van der Waals surface area contributed by atoms with E-state index in [1.807, 2.05) is 12.1 Å². The summed E-state index contributed by atoms with van der Waals surface area (Å²) in [6, 6.07) is 14.5. The summed E-state index contributed by atoms with van der Waals surface area (Å²) in [5, 5.41) is 0. The topological polar surface area (TPSA) is 29.3 Å². The molecule has 94 valence electrons. The van der Waals surface area contributed by atoms with Gasteiger partial charge in [-0.3, -0.25) is 0 Å². The molecule has 0 radical (unpaired) electrons. The van der Waals surface area contributed by atoms with E-state index >= 15 is 0 Å². The van der Waals surface area contributed by atoms with Crippen molar-refractivity contribution in [2.45, 2.75) is 20.4 Å². The number of benzene rings is 2. The van der Waals surface area contributed by atoms with E-state index in [1.54, 1.807) is 0 Å². The number of para-hydroxylation sites is 1. The van der Waals surface area contributed by atoms with E-state index in [9.17, 15) is 0 Å². The molecule has 0 amide bonds. The Hall–Kier alpha value is -1.96. The number of anilines is 2. The molecule has 18 heavy (non-hydrogen) atoms. The van der Waals surface area contributed by atoms with Gasteiger partial charge in [0.1, 0.15) is 0 Å². The molecule has 0 fully saturated rings. The first kappa shape index (κ1) is 12.5. The van der Waals surface area contributed by atoms with Gasteiger partial charge in [0.2, 0.25) is 0 Å². The smallest absolute Gasteiger partial charge is 0.0630 e. The Morgan fingerprint density at radius 1 is 0.944 bits per heavy atom. The SMILES string of the molecule is Cc1ccccc1CN(C)c1c(C)cccc1N. The minimum Gasteiger partial charge on any atom is -0.397 e. The molecule has 2 N–H and O–H groups in total. The minimum absolute atomic E-state index is 0.839. The fraction of sp³-hybridized carbons (Fsp3) is 0.250. The largest absolute Gasteiger partial charge is 0.397 e. The lowest BCUT2D eigenvalue weighted by Gasteiger charge is -2.24. The Bertz CT molecular complexity index is 526. The summed E-state index contributed by atoms with van der Waals surface area (Å²) >= 11 is 0. The van der Waals surface area contributed by atoms with Gasteiger partial charge < -0.3 is 10.6 Å². The van der Waals surface area contributed by atoms with Gasteiger partial charge in [-0.1, -0.05) is 36.4 Å². The monoisotopic (exact) mass is 240 g/mol. The Morgan fingerprint density at radius 2 is 1.61 bits per heavy atom. The second kappa shape index (κ2) is 5.13. The zero-order chi connectivity index (χ0) is 13.1. The molecular formula is C16H20N2. The number of hydrogen-bond acceptors (Lipinski definition) is 2. The summed E-state index contributed by atoms with van der Waals surface area (Å²) in [5.41, 5.74) is 11.9. The van der Waals surface area contributed by atoms with Crippen LogP contribution in [0.3, 0.4) is 0 Å². The van der Waals surface area contributed by atoms with Gasteiger partial charge >= 0.3 is 0 Å². The van der Waals surface area contributed by atoms with Crippen molar-refractivity contribution in [1.29, 1.82) is 0 Å². The Kier molecular flexibility index (Phi) is 3.56.